The van der Waals surface area contributed by atoms with Crippen molar-refractivity contribution in [2.24, 2.45) is 5.92 Å². The molecule has 1 saturated carbocycles. The van der Waals surface area contributed by atoms with Crippen LogP contribution in [-0.2, 0) is 4.79 Å². The van der Waals surface area contributed by atoms with Gasteiger partial charge in [-0.25, -0.2) is 0 Å². The third kappa shape index (κ3) is 3.81. The van der Waals surface area contributed by atoms with Crippen LogP contribution in [0.15, 0.2) is 18.2 Å². The van der Waals surface area contributed by atoms with Crippen molar-refractivity contribution in [3.8, 4) is 0 Å². The fraction of sp³-hybridized carbons (Fsp3) is 0.400. The van der Waals surface area contributed by atoms with Gasteiger partial charge in [-0.2, -0.15) is 0 Å². The molecule has 0 radical (unpaired) electrons. The maximum Gasteiger partial charge on any atom is 0.227 e. The molecule has 6 nitrogen and oxygen atoms in total. The molecule has 1 aliphatic rings. The Morgan fingerprint density at radius 3 is 1.90 bits per heavy atom. The molecule has 0 aliphatic heterocycles. The number of benzene rings is 1. The Kier molecular flexibility index (Phi) is 4.57. The van der Waals surface area contributed by atoms with Gasteiger partial charge in [0.2, 0.25) is 5.91 Å². The Morgan fingerprint density at radius 1 is 0.905 bits per heavy atom. The van der Waals surface area contributed by atoms with Crippen LogP contribution >= 0.6 is 0 Å². The fourth-order valence-electron chi connectivity index (χ4n) is 2.54. The Balaban J connectivity index is 2.20. The molecule has 0 unspecified atom stereocenters. The van der Waals surface area contributed by atoms with Crippen LogP contribution in [0.1, 0.15) is 52.8 Å². The summed E-state index contributed by atoms with van der Waals surface area (Å²) in [5.74, 6) is -3.34. The van der Waals surface area contributed by atoms with Crippen molar-refractivity contribution in [1.29, 1.82) is 0 Å². The summed E-state index contributed by atoms with van der Waals surface area (Å²) in [6, 6.07) is 3.31. The van der Waals surface area contributed by atoms with Gasteiger partial charge in [-0.1, -0.05) is 19.3 Å². The van der Waals surface area contributed by atoms with Crippen molar-refractivity contribution in [2.45, 2.75) is 32.1 Å². The summed E-state index contributed by atoms with van der Waals surface area (Å²) in [6.45, 7) is 0. The summed E-state index contributed by atoms with van der Waals surface area (Å²) < 4.78 is 0. The molecule has 6 heteroatoms. The van der Waals surface area contributed by atoms with Crippen molar-refractivity contribution < 1.29 is 24.6 Å². The second-order valence-electron chi connectivity index (χ2n) is 5.20. The summed E-state index contributed by atoms with van der Waals surface area (Å²) in [5.41, 5.74) is -0.488. The molecule has 1 fully saturated rings. The number of amides is 1. The van der Waals surface area contributed by atoms with Crippen molar-refractivity contribution in [1.82, 2.24) is 0 Å². The molecule has 1 aliphatic carbocycles. The largest absolute Gasteiger partial charge is 0.545 e. The summed E-state index contributed by atoms with van der Waals surface area (Å²) in [6.07, 6.45) is 4.67. The van der Waals surface area contributed by atoms with Crippen LogP contribution in [0.2, 0.25) is 0 Å². The highest BCUT2D eigenvalue weighted by Gasteiger charge is 2.21. The number of anilines is 1. The van der Waals surface area contributed by atoms with E-state index in [1.54, 1.807) is 0 Å². The molecule has 1 aromatic carbocycles. The smallest absolute Gasteiger partial charge is 0.227 e. The fourth-order valence-corrected chi connectivity index (χ4v) is 2.54. The van der Waals surface area contributed by atoms with Gasteiger partial charge in [-0.15, -0.1) is 0 Å². The van der Waals surface area contributed by atoms with Crippen LogP contribution < -0.4 is 15.5 Å². The molecule has 1 amide bonds. The van der Waals surface area contributed by atoms with Crippen LogP contribution in [0.25, 0.3) is 0 Å². The van der Waals surface area contributed by atoms with Crippen molar-refractivity contribution in [2.75, 3.05) is 5.32 Å². The van der Waals surface area contributed by atoms with Crippen LogP contribution in [-0.4, -0.2) is 17.8 Å². The molecule has 0 heterocycles. The topological polar surface area (TPSA) is 109 Å². The van der Waals surface area contributed by atoms with Crippen LogP contribution in [0.4, 0.5) is 5.69 Å². The lowest BCUT2D eigenvalue weighted by atomic mass is 9.88. The van der Waals surface area contributed by atoms with E-state index in [1.165, 1.54) is 12.1 Å². The monoisotopic (exact) mass is 289 g/mol. The van der Waals surface area contributed by atoms with Gasteiger partial charge in [0.15, 0.2) is 0 Å². The van der Waals surface area contributed by atoms with E-state index in [0.717, 1.165) is 38.2 Å². The van der Waals surface area contributed by atoms with Crippen molar-refractivity contribution in [3.63, 3.8) is 0 Å². The summed E-state index contributed by atoms with van der Waals surface area (Å²) in [4.78, 5) is 33.8. The molecule has 0 atom stereocenters. The van der Waals surface area contributed by atoms with Gasteiger partial charge in [-0.3, -0.25) is 4.79 Å². The first-order valence-corrected chi connectivity index (χ1v) is 6.86. The van der Waals surface area contributed by atoms with E-state index < -0.39 is 11.9 Å². The zero-order valence-electron chi connectivity index (χ0n) is 11.4. The summed E-state index contributed by atoms with van der Waals surface area (Å²) >= 11 is 0. The van der Waals surface area contributed by atoms with Gasteiger partial charge >= 0.3 is 0 Å². The van der Waals surface area contributed by atoms with Gasteiger partial charge in [0.1, 0.15) is 0 Å². The number of carbonyl (C=O) groups is 3. The number of carboxylic acid groups (broad SMARTS) is 2. The van der Waals surface area contributed by atoms with E-state index in [0.29, 0.717) is 0 Å². The first kappa shape index (κ1) is 15.0. The molecule has 112 valence electrons. The second kappa shape index (κ2) is 6.39. The molecule has 1 N–H and O–H groups in total. The van der Waals surface area contributed by atoms with Gasteiger partial charge in [-0.05, 0) is 42.2 Å². The number of aromatic carboxylic acids is 2. The highest BCUT2D eigenvalue weighted by atomic mass is 16.4. The minimum atomic E-state index is -1.51. The predicted octanol–water partition coefficient (Wildman–Crippen LogP) is -0.0676. The standard InChI is InChI=1S/C15H17NO5/c17-13(9-4-2-1-3-5-9)16-12-7-10(14(18)19)6-11(8-12)15(20)21/h6-9H,1-5H2,(H,16,17)(H,18,19)(H,20,21)/p-2. The van der Waals surface area contributed by atoms with Crippen LogP contribution in [0.3, 0.4) is 0 Å². The van der Waals surface area contributed by atoms with Crippen molar-refractivity contribution in [3.05, 3.63) is 29.3 Å². The molecule has 0 saturated heterocycles. The van der Waals surface area contributed by atoms with Crippen LogP contribution in [0.5, 0.6) is 0 Å². The third-order valence-electron chi connectivity index (χ3n) is 3.65. The number of nitrogens with one attached hydrogen (secondary N) is 1. The number of rotatable bonds is 4. The lowest BCUT2D eigenvalue weighted by Crippen LogP contribution is -2.28. The van der Waals surface area contributed by atoms with Gasteiger partial charge in [0, 0.05) is 11.6 Å². The lowest BCUT2D eigenvalue weighted by Gasteiger charge is -2.21. The maximum absolute atomic E-state index is 12.1. The van der Waals surface area contributed by atoms with Gasteiger partial charge in [0.05, 0.1) is 11.9 Å². The minimum absolute atomic E-state index is 0.114. The molecular formula is C15H15NO5-2. The summed E-state index contributed by atoms with van der Waals surface area (Å²) in [5, 5.41) is 24.3. The molecule has 0 bridgehead atoms. The molecule has 0 aromatic heterocycles. The quantitative estimate of drug-likeness (QED) is 0.834. The maximum atomic E-state index is 12.1. The predicted molar refractivity (Wildman–Crippen MR) is 70.3 cm³/mol. The Labute approximate surface area is 121 Å². The Morgan fingerprint density at radius 2 is 1.43 bits per heavy atom. The summed E-state index contributed by atoms with van der Waals surface area (Å²) in [7, 11) is 0. The molecular weight excluding hydrogens is 274 g/mol. The van der Waals surface area contributed by atoms with Gasteiger partial charge < -0.3 is 25.1 Å². The van der Waals surface area contributed by atoms with Gasteiger partial charge in [0.25, 0.3) is 0 Å². The second-order valence-corrected chi connectivity index (χ2v) is 5.20. The number of hydrogen-bond donors (Lipinski definition) is 1. The van der Waals surface area contributed by atoms with Crippen LogP contribution in [0, 0.1) is 5.92 Å². The average molecular weight is 289 g/mol. The number of carboxylic acids is 2. The van der Waals surface area contributed by atoms with E-state index in [1.807, 2.05) is 0 Å². The third-order valence-corrected chi connectivity index (χ3v) is 3.65. The zero-order valence-corrected chi connectivity index (χ0v) is 11.4. The Hall–Kier alpha value is -2.37. The lowest BCUT2D eigenvalue weighted by molar-refractivity contribution is -0.255. The number of hydrogen-bond acceptors (Lipinski definition) is 5. The molecule has 0 spiro atoms. The first-order valence-electron chi connectivity index (χ1n) is 6.86. The first-order chi connectivity index (χ1) is 9.97. The molecule has 2 rings (SSSR count). The normalized spacial score (nSPS) is 15.4. The van der Waals surface area contributed by atoms with Crippen molar-refractivity contribution >= 4 is 23.5 Å². The highest BCUT2D eigenvalue weighted by molar-refractivity contribution is 5.98. The Bertz CT molecular complexity index is 543. The minimum Gasteiger partial charge on any atom is -0.545 e. The van der Waals surface area contributed by atoms with E-state index >= 15 is 0 Å². The molecule has 1 aromatic rings. The van der Waals surface area contributed by atoms with E-state index in [9.17, 15) is 24.6 Å². The zero-order chi connectivity index (χ0) is 15.4. The highest BCUT2D eigenvalue weighted by Crippen LogP contribution is 2.25. The van der Waals surface area contributed by atoms with E-state index in [2.05, 4.69) is 5.32 Å². The van der Waals surface area contributed by atoms with E-state index in [-0.39, 0.29) is 28.6 Å². The SMILES string of the molecule is O=C([O-])c1cc(NC(=O)C2CCCCC2)cc(C(=O)[O-])c1. The van der Waals surface area contributed by atoms with E-state index in [4.69, 9.17) is 0 Å². The number of carbonyl (C=O) groups excluding carboxylic acids is 3. The average Bonchev–Trinajstić information content (AvgIpc) is 2.47. The molecule has 21 heavy (non-hydrogen) atoms.